The molecule has 3 N–H and O–H groups in total. The second-order valence-corrected chi connectivity index (χ2v) is 5.32. The van der Waals surface area contributed by atoms with Crippen molar-refractivity contribution in [1.82, 2.24) is 4.98 Å². The maximum Gasteiger partial charge on any atom is 0.306 e. The second-order valence-electron chi connectivity index (χ2n) is 5.32. The minimum atomic E-state index is -0.744. The summed E-state index contributed by atoms with van der Waals surface area (Å²) in [6, 6.07) is 3.40. The van der Waals surface area contributed by atoms with E-state index in [9.17, 15) is 9.59 Å². The van der Waals surface area contributed by atoms with Crippen molar-refractivity contribution < 1.29 is 14.7 Å². The molecular weight excluding hydrogens is 258 g/mol. The van der Waals surface area contributed by atoms with Crippen molar-refractivity contribution in [1.29, 1.82) is 0 Å². The number of nitrogens with two attached hydrogens (primary N) is 1. The van der Waals surface area contributed by atoms with E-state index in [0.29, 0.717) is 30.8 Å². The number of piperidine rings is 1. The second kappa shape index (κ2) is 5.48. The molecule has 108 valence electrons. The molecule has 2 unspecified atom stereocenters. The molecule has 2 rings (SSSR count). The fraction of sp³-hybridized carbons (Fsp3) is 0.500. The summed E-state index contributed by atoms with van der Waals surface area (Å²) in [5.41, 5.74) is 6.47. The monoisotopic (exact) mass is 277 g/mol. The number of carbonyl (C=O) groups excluding carboxylic acids is 1. The summed E-state index contributed by atoms with van der Waals surface area (Å²) >= 11 is 0. The Balaban J connectivity index is 2.24. The average Bonchev–Trinajstić information content (AvgIpc) is 2.37. The Morgan fingerprint density at radius 2 is 2.15 bits per heavy atom. The van der Waals surface area contributed by atoms with Gasteiger partial charge in [0, 0.05) is 23.8 Å². The highest BCUT2D eigenvalue weighted by atomic mass is 16.4. The average molecular weight is 277 g/mol. The smallest absolute Gasteiger partial charge is 0.306 e. The van der Waals surface area contributed by atoms with Gasteiger partial charge in [-0.3, -0.25) is 9.59 Å². The molecule has 2 atom stereocenters. The van der Waals surface area contributed by atoms with Gasteiger partial charge in [-0.05, 0) is 38.8 Å². The van der Waals surface area contributed by atoms with Crippen LogP contribution < -0.4 is 10.6 Å². The van der Waals surface area contributed by atoms with E-state index in [1.807, 2.05) is 18.7 Å². The molecule has 1 aromatic heterocycles. The molecule has 6 nitrogen and oxygen atoms in total. The Labute approximate surface area is 117 Å². The van der Waals surface area contributed by atoms with Crippen LogP contribution in [-0.4, -0.2) is 34.6 Å². The zero-order valence-corrected chi connectivity index (χ0v) is 11.7. The quantitative estimate of drug-likeness (QED) is 0.864. The Kier molecular flexibility index (Phi) is 3.92. The van der Waals surface area contributed by atoms with Crippen LogP contribution in [-0.2, 0) is 4.79 Å². The third kappa shape index (κ3) is 2.89. The highest BCUT2D eigenvalue weighted by Gasteiger charge is 2.30. The Morgan fingerprint density at radius 1 is 1.45 bits per heavy atom. The summed E-state index contributed by atoms with van der Waals surface area (Å²) in [6.45, 7) is 4.40. The van der Waals surface area contributed by atoms with Gasteiger partial charge < -0.3 is 15.7 Å². The predicted molar refractivity (Wildman–Crippen MR) is 74.7 cm³/mol. The highest BCUT2D eigenvalue weighted by molar-refractivity contribution is 5.93. The molecule has 0 spiro atoms. The van der Waals surface area contributed by atoms with Crippen LogP contribution in [0.3, 0.4) is 0 Å². The zero-order chi connectivity index (χ0) is 14.9. The third-order valence-corrected chi connectivity index (χ3v) is 3.74. The van der Waals surface area contributed by atoms with E-state index in [-0.39, 0.29) is 12.0 Å². The topological polar surface area (TPSA) is 96.5 Å². The van der Waals surface area contributed by atoms with Gasteiger partial charge in [0.2, 0.25) is 5.91 Å². The molecule has 0 bridgehead atoms. The van der Waals surface area contributed by atoms with Crippen LogP contribution in [0.15, 0.2) is 12.1 Å². The van der Waals surface area contributed by atoms with E-state index in [4.69, 9.17) is 10.8 Å². The van der Waals surface area contributed by atoms with Gasteiger partial charge in [-0.2, -0.15) is 0 Å². The molecule has 1 aliphatic heterocycles. The maximum atomic E-state index is 11.3. The summed E-state index contributed by atoms with van der Waals surface area (Å²) in [5, 5.41) is 9.08. The fourth-order valence-corrected chi connectivity index (χ4v) is 2.68. The summed E-state index contributed by atoms with van der Waals surface area (Å²) in [4.78, 5) is 28.8. The molecule has 0 aliphatic carbocycles. The largest absolute Gasteiger partial charge is 0.481 e. The van der Waals surface area contributed by atoms with Gasteiger partial charge in [0.15, 0.2) is 0 Å². The lowest BCUT2D eigenvalue weighted by atomic mass is 9.91. The third-order valence-electron chi connectivity index (χ3n) is 3.74. The SMILES string of the molecule is Cc1cc(C(N)=O)cc(N2CCC(C(=O)O)CC2C)n1. The number of carboxylic acids is 1. The number of pyridine rings is 1. The van der Waals surface area contributed by atoms with Crippen molar-refractivity contribution >= 4 is 17.7 Å². The van der Waals surface area contributed by atoms with Crippen molar-refractivity contribution in [3.05, 3.63) is 23.4 Å². The molecular formula is C14H19N3O3. The lowest BCUT2D eigenvalue weighted by Gasteiger charge is -2.37. The van der Waals surface area contributed by atoms with Crippen LogP contribution in [0.25, 0.3) is 0 Å². The number of nitrogens with zero attached hydrogens (tertiary/aromatic N) is 2. The number of rotatable bonds is 3. The first-order chi connectivity index (χ1) is 9.38. The number of aryl methyl sites for hydroxylation is 1. The van der Waals surface area contributed by atoms with Gasteiger partial charge in [0.05, 0.1) is 5.92 Å². The van der Waals surface area contributed by atoms with E-state index in [0.717, 1.165) is 5.69 Å². The number of carbonyl (C=O) groups is 2. The number of aliphatic carboxylic acids is 1. The summed E-state index contributed by atoms with van der Waals surface area (Å²) in [5.74, 6) is -0.840. The molecule has 20 heavy (non-hydrogen) atoms. The molecule has 6 heteroatoms. The minimum absolute atomic E-state index is 0.0693. The van der Waals surface area contributed by atoms with Crippen molar-refractivity contribution in [2.75, 3.05) is 11.4 Å². The number of primary amides is 1. The predicted octanol–water partition coefficient (Wildman–Crippen LogP) is 1.18. The van der Waals surface area contributed by atoms with Gasteiger partial charge in [-0.25, -0.2) is 4.98 Å². The Hall–Kier alpha value is -2.11. The van der Waals surface area contributed by atoms with Gasteiger partial charge in [-0.1, -0.05) is 0 Å². The highest BCUT2D eigenvalue weighted by Crippen LogP contribution is 2.27. The van der Waals surface area contributed by atoms with Crippen LogP contribution in [0.2, 0.25) is 0 Å². The summed E-state index contributed by atoms with van der Waals surface area (Å²) in [7, 11) is 0. The molecule has 0 radical (unpaired) electrons. The van der Waals surface area contributed by atoms with Gasteiger partial charge >= 0.3 is 5.97 Å². The maximum absolute atomic E-state index is 11.3. The van der Waals surface area contributed by atoms with Crippen molar-refractivity contribution in [3.63, 3.8) is 0 Å². The number of hydrogen-bond donors (Lipinski definition) is 2. The Morgan fingerprint density at radius 3 is 2.70 bits per heavy atom. The molecule has 1 aliphatic rings. The van der Waals surface area contributed by atoms with E-state index in [1.54, 1.807) is 12.1 Å². The van der Waals surface area contributed by atoms with E-state index < -0.39 is 11.9 Å². The summed E-state index contributed by atoms with van der Waals surface area (Å²) in [6.07, 6.45) is 1.16. The number of aromatic nitrogens is 1. The molecule has 0 aromatic carbocycles. The summed E-state index contributed by atoms with van der Waals surface area (Å²) < 4.78 is 0. The van der Waals surface area contributed by atoms with Crippen LogP contribution >= 0.6 is 0 Å². The lowest BCUT2D eigenvalue weighted by Crippen LogP contribution is -2.43. The number of amides is 1. The van der Waals surface area contributed by atoms with Crippen LogP contribution in [0, 0.1) is 12.8 Å². The Bertz CT molecular complexity index is 544. The van der Waals surface area contributed by atoms with E-state index in [1.165, 1.54) is 0 Å². The molecule has 2 heterocycles. The van der Waals surface area contributed by atoms with Crippen LogP contribution in [0.4, 0.5) is 5.82 Å². The first kappa shape index (κ1) is 14.3. The first-order valence-electron chi connectivity index (χ1n) is 6.66. The van der Waals surface area contributed by atoms with Crippen molar-refractivity contribution in [3.8, 4) is 0 Å². The first-order valence-corrected chi connectivity index (χ1v) is 6.66. The van der Waals surface area contributed by atoms with Crippen LogP contribution in [0.5, 0.6) is 0 Å². The van der Waals surface area contributed by atoms with E-state index in [2.05, 4.69) is 4.98 Å². The van der Waals surface area contributed by atoms with Gasteiger partial charge in [-0.15, -0.1) is 0 Å². The molecule has 0 saturated carbocycles. The zero-order valence-electron chi connectivity index (χ0n) is 11.7. The minimum Gasteiger partial charge on any atom is -0.481 e. The standard InChI is InChI=1S/C14H19N3O3/c1-8-5-11(13(15)18)7-12(16-8)17-4-3-10(14(19)20)6-9(17)2/h5,7,9-10H,3-4,6H2,1-2H3,(H2,15,18)(H,19,20). The normalized spacial score (nSPS) is 22.6. The van der Waals surface area contributed by atoms with Gasteiger partial charge in [0.25, 0.3) is 0 Å². The van der Waals surface area contributed by atoms with Crippen LogP contribution in [0.1, 0.15) is 35.8 Å². The molecule has 1 aromatic rings. The van der Waals surface area contributed by atoms with Gasteiger partial charge in [0.1, 0.15) is 5.82 Å². The number of anilines is 1. The lowest BCUT2D eigenvalue weighted by molar-refractivity contribution is -0.142. The van der Waals surface area contributed by atoms with Crippen molar-refractivity contribution in [2.24, 2.45) is 11.7 Å². The molecule has 1 fully saturated rings. The number of carboxylic acid groups (broad SMARTS) is 1. The van der Waals surface area contributed by atoms with E-state index >= 15 is 0 Å². The molecule has 1 amide bonds. The molecule has 1 saturated heterocycles. The number of hydrogen-bond acceptors (Lipinski definition) is 4. The van der Waals surface area contributed by atoms with Crippen molar-refractivity contribution in [2.45, 2.75) is 32.7 Å². The fourth-order valence-electron chi connectivity index (χ4n) is 2.68.